The number of aromatic nitrogens is 1. The van der Waals surface area contributed by atoms with Gasteiger partial charge in [0.1, 0.15) is 0 Å². The zero-order valence-corrected chi connectivity index (χ0v) is 10.3. The molecule has 0 aliphatic carbocycles. The van der Waals surface area contributed by atoms with Crippen molar-refractivity contribution in [1.82, 2.24) is 9.88 Å². The van der Waals surface area contributed by atoms with Crippen LogP contribution in [-0.2, 0) is 11.3 Å². The van der Waals surface area contributed by atoms with Crippen LogP contribution in [0.25, 0.3) is 0 Å². The number of ketones is 1. The van der Waals surface area contributed by atoms with Gasteiger partial charge in [-0.05, 0) is 26.8 Å². The molecule has 0 aromatic carbocycles. The molecule has 0 atom stereocenters. The summed E-state index contributed by atoms with van der Waals surface area (Å²) in [4.78, 5) is 22.1. The van der Waals surface area contributed by atoms with E-state index in [1.165, 1.54) is 6.92 Å². The zero-order valence-electron chi connectivity index (χ0n) is 10.3. The molecule has 1 amide bonds. The number of carbonyl (C=O) groups is 2. The second-order valence-electron chi connectivity index (χ2n) is 3.98. The number of aryl methyl sites for hydroxylation is 1. The maximum Gasteiger partial charge on any atom is 0.216 e. The van der Waals surface area contributed by atoms with E-state index >= 15 is 0 Å². The molecule has 88 valence electrons. The van der Waals surface area contributed by atoms with Crippen molar-refractivity contribution in [3.05, 3.63) is 23.0 Å². The Morgan fingerprint density at radius 1 is 1.31 bits per heavy atom. The Labute approximate surface area is 95.6 Å². The molecule has 0 fully saturated rings. The maximum absolute atomic E-state index is 11.3. The van der Waals surface area contributed by atoms with Crippen LogP contribution in [0.1, 0.15) is 35.6 Å². The quantitative estimate of drug-likeness (QED) is 0.784. The molecule has 0 aliphatic heterocycles. The molecule has 1 aromatic rings. The Kier molecular flexibility index (Phi) is 3.88. The molecule has 0 spiro atoms. The summed E-state index contributed by atoms with van der Waals surface area (Å²) in [6, 6.07) is 1.89. The van der Waals surface area contributed by atoms with E-state index in [0.717, 1.165) is 17.0 Å². The zero-order chi connectivity index (χ0) is 12.3. The van der Waals surface area contributed by atoms with E-state index in [1.807, 2.05) is 24.5 Å². The topological polar surface area (TPSA) is 51.1 Å². The van der Waals surface area contributed by atoms with Gasteiger partial charge in [0.2, 0.25) is 5.91 Å². The monoisotopic (exact) mass is 222 g/mol. The second-order valence-corrected chi connectivity index (χ2v) is 3.98. The van der Waals surface area contributed by atoms with E-state index in [4.69, 9.17) is 0 Å². The van der Waals surface area contributed by atoms with Gasteiger partial charge in [0.25, 0.3) is 0 Å². The van der Waals surface area contributed by atoms with Crippen molar-refractivity contribution in [2.45, 2.75) is 34.2 Å². The summed E-state index contributed by atoms with van der Waals surface area (Å²) in [6.45, 7) is 8.24. The molecule has 16 heavy (non-hydrogen) atoms. The van der Waals surface area contributed by atoms with E-state index in [9.17, 15) is 9.59 Å². The van der Waals surface area contributed by atoms with E-state index in [2.05, 4.69) is 5.32 Å². The van der Waals surface area contributed by atoms with Gasteiger partial charge < -0.3 is 9.88 Å². The first-order valence-electron chi connectivity index (χ1n) is 5.35. The molecule has 4 nitrogen and oxygen atoms in total. The fraction of sp³-hybridized carbons (Fsp3) is 0.500. The Balaban J connectivity index is 2.80. The molecule has 0 saturated heterocycles. The standard InChI is InChI=1S/C12H18N2O2/c1-8-7-12(10(3)15)9(2)14(8)6-5-13-11(4)16/h7H,5-6H2,1-4H3,(H,13,16). The Bertz CT molecular complexity index is 419. The van der Waals surface area contributed by atoms with Gasteiger partial charge in [-0.15, -0.1) is 0 Å². The first-order chi connectivity index (χ1) is 7.43. The number of carbonyl (C=O) groups excluding carboxylic acids is 2. The fourth-order valence-electron chi connectivity index (χ4n) is 1.85. The van der Waals surface area contributed by atoms with Crippen LogP contribution in [0.5, 0.6) is 0 Å². The van der Waals surface area contributed by atoms with Crippen LogP contribution in [-0.4, -0.2) is 22.8 Å². The molecule has 1 rings (SSSR count). The van der Waals surface area contributed by atoms with E-state index in [0.29, 0.717) is 13.1 Å². The van der Waals surface area contributed by atoms with E-state index < -0.39 is 0 Å². The molecular weight excluding hydrogens is 204 g/mol. The lowest BCUT2D eigenvalue weighted by Gasteiger charge is -2.09. The Morgan fingerprint density at radius 2 is 1.94 bits per heavy atom. The van der Waals surface area contributed by atoms with Gasteiger partial charge in [-0.2, -0.15) is 0 Å². The van der Waals surface area contributed by atoms with Gasteiger partial charge >= 0.3 is 0 Å². The van der Waals surface area contributed by atoms with Gasteiger partial charge in [0.05, 0.1) is 0 Å². The highest BCUT2D eigenvalue weighted by atomic mass is 16.1. The third-order valence-electron chi connectivity index (χ3n) is 2.66. The molecule has 0 saturated carbocycles. The summed E-state index contributed by atoms with van der Waals surface area (Å²) in [6.07, 6.45) is 0. The first-order valence-corrected chi connectivity index (χ1v) is 5.35. The highest BCUT2D eigenvalue weighted by molar-refractivity contribution is 5.95. The highest BCUT2D eigenvalue weighted by Gasteiger charge is 2.11. The number of hydrogen-bond donors (Lipinski definition) is 1. The SMILES string of the molecule is CC(=O)NCCn1c(C)cc(C(C)=O)c1C. The predicted molar refractivity (Wildman–Crippen MR) is 62.6 cm³/mol. The molecule has 4 heteroatoms. The van der Waals surface area contributed by atoms with Crippen LogP contribution >= 0.6 is 0 Å². The van der Waals surface area contributed by atoms with Gasteiger partial charge in [0, 0.05) is 37.0 Å². The van der Waals surface area contributed by atoms with Gasteiger partial charge in [-0.3, -0.25) is 9.59 Å². The number of rotatable bonds is 4. The second kappa shape index (κ2) is 4.96. The number of hydrogen-bond acceptors (Lipinski definition) is 2. The number of Topliss-reactive ketones (excluding diaryl/α,β-unsaturated/α-hetero) is 1. The van der Waals surface area contributed by atoms with Crippen LogP contribution in [0.4, 0.5) is 0 Å². The van der Waals surface area contributed by atoms with Crippen LogP contribution in [0, 0.1) is 13.8 Å². The van der Waals surface area contributed by atoms with Crippen molar-refractivity contribution in [2.24, 2.45) is 0 Å². The molecule has 1 aromatic heterocycles. The lowest BCUT2D eigenvalue weighted by Crippen LogP contribution is -2.25. The average molecular weight is 222 g/mol. The Morgan fingerprint density at radius 3 is 2.38 bits per heavy atom. The lowest BCUT2D eigenvalue weighted by molar-refractivity contribution is -0.118. The third kappa shape index (κ3) is 2.72. The molecule has 0 radical (unpaired) electrons. The maximum atomic E-state index is 11.3. The smallest absolute Gasteiger partial charge is 0.216 e. The largest absolute Gasteiger partial charge is 0.355 e. The molecule has 1 heterocycles. The molecule has 1 N–H and O–H groups in total. The molecule has 0 unspecified atom stereocenters. The predicted octanol–water partition coefficient (Wildman–Crippen LogP) is 1.44. The Hall–Kier alpha value is -1.58. The third-order valence-corrected chi connectivity index (χ3v) is 2.66. The van der Waals surface area contributed by atoms with Gasteiger partial charge in [0.15, 0.2) is 5.78 Å². The van der Waals surface area contributed by atoms with Crippen LogP contribution in [0.15, 0.2) is 6.07 Å². The number of nitrogens with zero attached hydrogens (tertiary/aromatic N) is 1. The van der Waals surface area contributed by atoms with E-state index in [-0.39, 0.29) is 11.7 Å². The minimum Gasteiger partial charge on any atom is -0.355 e. The minimum atomic E-state index is -0.0331. The summed E-state index contributed by atoms with van der Waals surface area (Å²) < 4.78 is 2.05. The van der Waals surface area contributed by atoms with Crippen molar-refractivity contribution in [3.63, 3.8) is 0 Å². The first kappa shape index (κ1) is 12.5. The van der Waals surface area contributed by atoms with Crippen molar-refractivity contribution in [2.75, 3.05) is 6.54 Å². The highest BCUT2D eigenvalue weighted by Crippen LogP contribution is 2.15. The van der Waals surface area contributed by atoms with Crippen LogP contribution in [0.3, 0.4) is 0 Å². The summed E-state index contributed by atoms with van der Waals surface area (Å²) >= 11 is 0. The summed E-state index contributed by atoms with van der Waals surface area (Å²) in [5.74, 6) is 0.0492. The minimum absolute atomic E-state index is 0.0331. The van der Waals surface area contributed by atoms with Crippen molar-refractivity contribution < 1.29 is 9.59 Å². The lowest BCUT2D eigenvalue weighted by atomic mass is 10.2. The summed E-state index contributed by atoms with van der Waals surface area (Å²) in [5, 5.41) is 2.74. The normalized spacial score (nSPS) is 10.2. The van der Waals surface area contributed by atoms with Crippen molar-refractivity contribution in [3.8, 4) is 0 Å². The molecular formula is C12H18N2O2. The average Bonchev–Trinajstić information content (AvgIpc) is 2.44. The van der Waals surface area contributed by atoms with Crippen molar-refractivity contribution in [1.29, 1.82) is 0 Å². The number of amides is 1. The van der Waals surface area contributed by atoms with Crippen LogP contribution in [0.2, 0.25) is 0 Å². The van der Waals surface area contributed by atoms with Gasteiger partial charge in [-0.1, -0.05) is 0 Å². The van der Waals surface area contributed by atoms with E-state index in [1.54, 1.807) is 6.92 Å². The molecule has 0 aliphatic rings. The van der Waals surface area contributed by atoms with Crippen LogP contribution < -0.4 is 5.32 Å². The molecule has 0 bridgehead atoms. The number of nitrogens with one attached hydrogen (secondary N) is 1. The van der Waals surface area contributed by atoms with Gasteiger partial charge in [-0.25, -0.2) is 0 Å². The summed E-state index contributed by atoms with van der Waals surface area (Å²) in [5.41, 5.74) is 2.78. The van der Waals surface area contributed by atoms with Crippen molar-refractivity contribution >= 4 is 11.7 Å². The fourth-order valence-corrected chi connectivity index (χ4v) is 1.85. The summed E-state index contributed by atoms with van der Waals surface area (Å²) in [7, 11) is 0.